The average molecular weight is 358 g/mol. The molecular weight excluding hydrogens is 349 g/mol. The van der Waals surface area contributed by atoms with Crippen molar-refractivity contribution in [3.05, 3.63) is 56.9 Å². The molecule has 0 saturated heterocycles. The SMILES string of the molecule is O=c1[nH]c2ccc(S(=O)(=O)Nc3cccc(Cl)c3Cl)cc2[nH]1. The van der Waals surface area contributed by atoms with Crippen LogP contribution in [-0.4, -0.2) is 18.4 Å². The van der Waals surface area contributed by atoms with Crippen molar-refractivity contribution in [2.75, 3.05) is 4.72 Å². The summed E-state index contributed by atoms with van der Waals surface area (Å²) in [5, 5.41) is 0.358. The van der Waals surface area contributed by atoms with Crippen molar-refractivity contribution in [1.29, 1.82) is 0 Å². The third kappa shape index (κ3) is 2.70. The standard InChI is InChI=1S/C13H9Cl2N3O3S/c14-8-2-1-3-10(12(8)15)18-22(20,21)7-4-5-9-11(6-7)17-13(19)16-9/h1-6,18H,(H2,16,17,19). The highest BCUT2D eigenvalue weighted by Crippen LogP contribution is 2.31. The van der Waals surface area contributed by atoms with E-state index in [1.807, 2.05) is 0 Å². The molecule has 0 fully saturated rings. The van der Waals surface area contributed by atoms with Crippen molar-refractivity contribution in [3.63, 3.8) is 0 Å². The molecule has 0 radical (unpaired) electrons. The van der Waals surface area contributed by atoms with Gasteiger partial charge in [0.1, 0.15) is 0 Å². The molecule has 0 saturated carbocycles. The normalized spacial score (nSPS) is 11.7. The second-order valence-corrected chi connectivity index (χ2v) is 6.96. The quantitative estimate of drug-likeness (QED) is 0.672. The van der Waals surface area contributed by atoms with Gasteiger partial charge in [0, 0.05) is 0 Å². The van der Waals surface area contributed by atoms with Crippen LogP contribution in [0.1, 0.15) is 0 Å². The van der Waals surface area contributed by atoms with E-state index in [4.69, 9.17) is 23.2 Å². The molecule has 114 valence electrons. The second-order valence-electron chi connectivity index (χ2n) is 4.49. The van der Waals surface area contributed by atoms with Crippen LogP contribution < -0.4 is 10.4 Å². The van der Waals surface area contributed by atoms with Gasteiger partial charge in [-0.1, -0.05) is 29.3 Å². The zero-order chi connectivity index (χ0) is 15.9. The molecule has 9 heteroatoms. The van der Waals surface area contributed by atoms with Gasteiger partial charge in [-0.2, -0.15) is 0 Å². The Bertz CT molecular complexity index is 1020. The lowest BCUT2D eigenvalue weighted by molar-refractivity contribution is 0.601. The van der Waals surface area contributed by atoms with E-state index in [2.05, 4.69) is 14.7 Å². The Balaban J connectivity index is 2.04. The van der Waals surface area contributed by atoms with Crippen molar-refractivity contribution < 1.29 is 8.42 Å². The molecule has 0 aliphatic heterocycles. The van der Waals surface area contributed by atoms with Crippen LogP contribution in [0.15, 0.2) is 46.1 Å². The van der Waals surface area contributed by atoms with Gasteiger partial charge in [0.25, 0.3) is 10.0 Å². The second kappa shape index (κ2) is 5.35. The largest absolute Gasteiger partial charge is 0.323 e. The fourth-order valence-electron chi connectivity index (χ4n) is 1.97. The van der Waals surface area contributed by atoms with Crippen LogP contribution in [0.4, 0.5) is 5.69 Å². The van der Waals surface area contributed by atoms with Gasteiger partial charge in [0.15, 0.2) is 0 Å². The first-order valence-corrected chi connectivity index (χ1v) is 8.29. The summed E-state index contributed by atoms with van der Waals surface area (Å²) in [6.45, 7) is 0. The number of sulfonamides is 1. The zero-order valence-corrected chi connectivity index (χ0v) is 13.2. The van der Waals surface area contributed by atoms with Crippen LogP contribution >= 0.6 is 23.2 Å². The Morgan fingerprint density at radius 3 is 2.50 bits per heavy atom. The molecule has 0 spiro atoms. The number of aromatic nitrogens is 2. The van der Waals surface area contributed by atoms with Crippen LogP contribution in [0.5, 0.6) is 0 Å². The van der Waals surface area contributed by atoms with E-state index in [1.165, 1.54) is 24.3 Å². The van der Waals surface area contributed by atoms with Gasteiger partial charge in [-0.05, 0) is 30.3 Å². The van der Waals surface area contributed by atoms with Gasteiger partial charge in [-0.3, -0.25) is 4.72 Å². The average Bonchev–Trinajstić information content (AvgIpc) is 2.82. The van der Waals surface area contributed by atoms with Crippen molar-refractivity contribution in [2.45, 2.75) is 4.90 Å². The summed E-state index contributed by atoms with van der Waals surface area (Å²) in [7, 11) is -3.86. The number of aromatic amines is 2. The molecule has 3 rings (SSSR count). The lowest BCUT2D eigenvalue weighted by Gasteiger charge is -2.10. The number of fused-ring (bicyclic) bond motifs is 1. The number of hydrogen-bond acceptors (Lipinski definition) is 3. The minimum Gasteiger partial charge on any atom is -0.306 e. The number of halogens is 2. The molecule has 3 N–H and O–H groups in total. The third-order valence-corrected chi connectivity index (χ3v) is 5.18. The first kappa shape index (κ1) is 15.0. The number of nitrogens with one attached hydrogen (secondary N) is 3. The molecule has 6 nitrogen and oxygen atoms in total. The summed E-state index contributed by atoms with van der Waals surface area (Å²) < 4.78 is 27.2. The Morgan fingerprint density at radius 2 is 1.73 bits per heavy atom. The Labute approximate surface area is 135 Å². The molecular formula is C13H9Cl2N3O3S. The van der Waals surface area contributed by atoms with Gasteiger partial charge in [0.05, 0.1) is 31.7 Å². The summed E-state index contributed by atoms with van der Waals surface area (Å²) in [6.07, 6.45) is 0. The van der Waals surface area contributed by atoms with Gasteiger partial charge in [0.2, 0.25) is 0 Å². The minimum absolute atomic E-state index is 0.00806. The number of imidazole rings is 1. The van der Waals surface area contributed by atoms with Gasteiger partial charge >= 0.3 is 5.69 Å². The lowest BCUT2D eigenvalue weighted by atomic mass is 10.3. The molecule has 0 amide bonds. The molecule has 1 heterocycles. The number of H-pyrrole nitrogens is 2. The Kier molecular flexibility index (Phi) is 3.64. The molecule has 3 aromatic rings. The molecule has 22 heavy (non-hydrogen) atoms. The maximum atomic E-state index is 12.4. The van der Waals surface area contributed by atoms with Crippen LogP contribution in [0.25, 0.3) is 11.0 Å². The minimum atomic E-state index is -3.86. The first-order chi connectivity index (χ1) is 10.4. The number of rotatable bonds is 3. The molecule has 1 aromatic heterocycles. The molecule has 0 atom stereocenters. The van der Waals surface area contributed by atoms with E-state index in [-0.39, 0.29) is 20.6 Å². The van der Waals surface area contributed by atoms with E-state index in [0.717, 1.165) is 0 Å². The lowest BCUT2D eigenvalue weighted by Crippen LogP contribution is -2.13. The first-order valence-electron chi connectivity index (χ1n) is 6.06. The maximum Gasteiger partial charge on any atom is 0.323 e. The zero-order valence-electron chi connectivity index (χ0n) is 10.9. The summed E-state index contributed by atoms with van der Waals surface area (Å²) in [6, 6.07) is 8.88. The van der Waals surface area contributed by atoms with E-state index in [1.54, 1.807) is 12.1 Å². The maximum absolute atomic E-state index is 12.4. The predicted molar refractivity (Wildman–Crippen MR) is 86.2 cm³/mol. The van der Waals surface area contributed by atoms with E-state index in [0.29, 0.717) is 11.0 Å². The summed E-state index contributed by atoms with van der Waals surface area (Å²) in [4.78, 5) is 16.2. The van der Waals surface area contributed by atoms with Crippen molar-refractivity contribution >= 4 is 49.9 Å². The van der Waals surface area contributed by atoms with Gasteiger partial charge in [-0.25, -0.2) is 13.2 Å². The fraction of sp³-hybridized carbons (Fsp3) is 0. The van der Waals surface area contributed by atoms with Crippen molar-refractivity contribution in [2.24, 2.45) is 0 Å². The Hall–Kier alpha value is -1.96. The van der Waals surface area contributed by atoms with Gasteiger partial charge in [-0.15, -0.1) is 0 Å². The van der Waals surface area contributed by atoms with E-state index >= 15 is 0 Å². The number of anilines is 1. The topological polar surface area (TPSA) is 94.8 Å². The third-order valence-electron chi connectivity index (χ3n) is 2.99. The molecule has 0 unspecified atom stereocenters. The predicted octanol–water partition coefficient (Wildman–Crippen LogP) is 2.96. The number of benzene rings is 2. The molecule has 2 aromatic carbocycles. The molecule has 0 aliphatic rings. The molecule has 0 bridgehead atoms. The van der Waals surface area contributed by atoms with Crippen LogP contribution in [0, 0.1) is 0 Å². The molecule has 0 aliphatic carbocycles. The van der Waals surface area contributed by atoms with E-state index in [9.17, 15) is 13.2 Å². The van der Waals surface area contributed by atoms with Crippen molar-refractivity contribution in [1.82, 2.24) is 9.97 Å². The summed E-state index contributed by atoms with van der Waals surface area (Å²) >= 11 is 11.8. The smallest absolute Gasteiger partial charge is 0.306 e. The van der Waals surface area contributed by atoms with Crippen molar-refractivity contribution in [3.8, 4) is 0 Å². The number of hydrogen-bond donors (Lipinski definition) is 3. The highest BCUT2D eigenvalue weighted by atomic mass is 35.5. The summed E-state index contributed by atoms with van der Waals surface area (Å²) in [5.41, 5.74) is 0.682. The Morgan fingerprint density at radius 1 is 1.00 bits per heavy atom. The highest BCUT2D eigenvalue weighted by molar-refractivity contribution is 7.92. The van der Waals surface area contributed by atoms with Gasteiger partial charge < -0.3 is 9.97 Å². The summed E-state index contributed by atoms with van der Waals surface area (Å²) in [5.74, 6) is 0. The van der Waals surface area contributed by atoms with E-state index < -0.39 is 15.7 Å². The van der Waals surface area contributed by atoms with Crippen LogP contribution in [-0.2, 0) is 10.0 Å². The fourth-order valence-corrected chi connectivity index (χ4v) is 3.47. The monoisotopic (exact) mass is 357 g/mol. The van der Waals surface area contributed by atoms with Crippen LogP contribution in [0.3, 0.4) is 0 Å². The highest BCUT2D eigenvalue weighted by Gasteiger charge is 2.17. The van der Waals surface area contributed by atoms with Crippen LogP contribution in [0.2, 0.25) is 10.0 Å².